The molecule has 0 radical (unpaired) electrons. The van der Waals surface area contributed by atoms with E-state index in [2.05, 4.69) is 22.1 Å². The van der Waals surface area contributed by atoms with Gasteiger partial charge >= 0.3 is 0 Å². The average molecular weight is 280 g/mol. The van der Waals surface area contributed by atoms with E-state index in [0.717, 1.165) is 22.4 Å². The highest BCUT2D eigenvalue weighted by molar-refractivity contribution is 6.04. The molecule has 0 aliphatic heterocycles. The molecular formula is C17H16N2O2. The van der Waals surface area contributed by atoms with E-state index < -0.39 is 0 Å². The molecule has 1 aromatic carbocycles. The van der Waals surface area contributed by atoms with Crippen LogP contribution < -0.4 is 5.32 Å². The second-order valence-electron chi connectivity index (χ2n) is 4.61. The van der Waals surface area contributed by atoms with E-state index in [1.807, 2.05) is 26.0 Å². The van der Waals surface area contributed by atoms with Gasteiger partial charge in [0.25, 0.3) is 5.91 Å². The maximum Gasteiger partial charge on any atom is 0.274 e. The molecule has 21 heavy (non-hydrogen) atoms. The van der Waals surface area contributed by atoms with Crippen LogP contribution in [0.1, 0.15) is 27.2 Å². The minimum absolute atomic E-state index is 0.170. The molecule has 2 aromatic rings. The third kappa shape index (κ3) is 3.68. The summed E-state index contributed by atoms with van der Waals surface area (Å²) in [5, 5.41) is 11.5. The SMILES string of the molecule is Cc1cc(C#CCO)ccc1NC(=O)c1ncccc1C. The topological polar surface area (TPSA) is 62.2 Å². The second kappa shape index (κ2) is 6.69. The Balaban J connectivity index is 2.20. The lowest BCUT2D eigenvalue weighted by Gasteiger charge is -2.09. The lowest BCUT2D eigenvalue weighted by Crippen LogP contribution is -2.15. The number of hydrogen-bond acceptors (Lipinski definition) is 3. The number of nitrogens with zero attached hydrogens (tertiary/aromatic N) is 1. The van der Waals surface area contributed by atoms with Crippen molar-refractivity contribution in [2.24, 2.45) is 0 Å². The van der Waals surface area contributed by atoms with Crippen LogP contribution in [-0.4, -0.2) is 22.6 Å². The minimum atomic E-state index is -0.231. The highest BCUT2D eigenvalue weighted by Crippen LogP contribution is 2.17. The van der Waals surface area contributed by atoms with E-state index in [1.54, 1.807) is 24.4 Å². The zero-order valence-corrected chi connectivity index (χ0v) is 12.0. The zero-order chi connectivity index (χ0) is 15.2. The van der Waals surface area contributed by atoms with E-state index in [1.165, 1.54) is 0 Å². The molecule has 0 bridgehead atoms. The Morgan fingerprint density at radius 1 is 1.29 bits per heavy atom. The summed E-state index contributed by atoms with van der Waals surface area (Å²) >= 11 is 0. The Hall–Kier alpha value is -2.64. The van der Waals surface area contributed by atoms with Gasteiger partial charge in [0.2, 0.25) is 0 Å². The van der Waals surface area contributed by atoms with Gasteiger partial charge in [-0.1, -0.05) is 17.9 Å². The summed E-state index contributed by atoms with van der Waals surface area (Å²) in [6.07, 6.45) is 1.60. The maximum absolute atomic E-state index is 12.2. The number of aromatic nitrogens is 1. The summed E-state index contributed by atoms with van der Waals surface area (Å²) < 4.78 is 0. The van der Waals surface area contributed by atoms with Gasteiger partial charge in [0, 0.05) is 17.4 Å². The van der Waals surface area contributed by atoms with Crippen molar-refractivity contribution in [3.05, 3.63) is 58.9 Å². The van der Waals surface area contributed by atoms with Crippen molar-refractivity contribution < 1.29 is 9.90 Å². The van der Waals surface area contributed by atoms with Crippen molar-refractivity contribution in [2.75, 3.05) is 11.9 Å². The third-order valence-electron chi connectivity index (χ3n) is 3.01. The molecule has 0 spiro atoms. The number of benzene rings is 1. The minimum Gasteiger partial charge on any atom is -0.384 e. The number of hydrogen-bond donors (Lipinski definition) is 2. The van der Waals surface area contributed by atoms with Crippen LogP contribution in [0.3, 0.4) is 0 Å². The molecule has 0 saturated carbocycles. The second-order valence-corrected chi connectivity index (χ2v) is 4.61. The molecule has 106 valence electrons. The summed E-state index contributed by atoms with van der Waals surface area (Å²) in [4.78, 5) is 16.3. The standard InChI is InChI=1S/C17H16N2O2/c1-12-5-3-9-18-16(12)17(21)19-15-8-7-14(6-4-10-20)11-13(15)2/h3,5,7-9,11,20H,10H2,1-2H3,(H,19,21). The lowest BCUT2D eigenvalue weighted by atomic mass is 10.1. The van der Waals surface area contributed by atoms with E-state index in [4.69, 9.17) is 5.11 Å². The summed E-state index contributed by atoms with van der Waals surface area (Å²) in [5.74, 6) is 5.19. The summed E-state index contributed by atoms with van der Waals surface area (Å²) in [7, 11) is 0. The van der Waals surface area contributed by atoms with Crippen LogP contribution in [0.15, 0.2) is 36.5 Å². The molecule has 2 rings (SSSR count). The Bertz CT molecular complexity index is 727. The average Bonchev–Trinajstić information content (AvgIpc) is 2.48. The van der Waals surface area contributed by atoms with Gasteiger partial charge in [-0.3, -0.25) is 9.78 Å². The van der Waals surface area contributed by atoms with Crippen molar-refractivity contribution in [1.82, 2.24) is 4.98 Å². The summed E-state index contributed by atoms with van der Waals surface area (Å²) in [6.45, 7) is 3.57. The molecule has 0 unspecified atom stereocenters. The largest absolute Gasteiger partial charge is 0.384 e. The Morgan fingerprint density at radius 2 is 2.10 bits per heavy atom. The molecule has 0 aliphatic carbocycles. The third-order valence-corrected chi connectivity index (χ3v) is 3.01. The normalized spacial score (nSPS) is 9.67. The number of pyridine rings is 1. The van der Waals surface area contributed by atoms with Gasteiger partial charge < -0.3 is 10.4 Å². The fourth-order valence-electron chi connectivity index (χ4n) is 1.93. The zero-order valence-electron chi connectivity index (χ0n) is 12.0. The Kier molecular flexibility index (Phi) is 4.70. The fraction of sp³-hybridized carbons (Fsp3) is 0.176. The van der Waals surface area contributed by atoms with Gasteiger partial charge in [0.1, 0.15) is 12.3 Å². The van der Waals surface area contributed by atoms with Gasteiger partial charge in [0.05, 0.1) is 0 Å². The Morgan fingerprint density at radius 3 is 2.76 bits per heavy atom. The lowest BCUT2D eigenvalue weighted by molar-refractivity contribution is 0.102. The first-order valence-electron chi connectivity index (χ1n) is 6.55. The van der Waals surface area contributed by atoms with Crippen LogP contribution in [0.5, 0.6) is 0 Å². The summed E-state index contributed by atoms with van der Waals surface area (Å²) in [5.41, 5.74) is 3.67. The van der Waals surface area contributed by atoms with E-state index in [-0.39, 0.29) is 12.5 Å². The van der Waals surface area contributed by atoms with Crippen LogP contribution in [0.25, 0.3) is 0 Å². The van der Waals surface area contributed by atoms with Gasteiger partial charge in [-0.2, -0.15) is 0 Å². The molecule has 0 fully saturated rings. The number of anilines is 1. The number of carbonyl (C=O) groups is 1. The van der Waals surface area contributed by atoms with Crippen LogP contribution in [-0.2, 0) is 0 Å². The first-order chi connectivity index (χ1) is 10.1. The number of aliphatic hydroxyl groups excluding tert-OH is 1. The van der Waals surface area contributed by atoms with Crippen molar-refractivity contribution in [3.63, 3.8) is 0 Å². The van der Waals surface area contributed by atoms with Crippen molar-refractivity contribution >= 4 is 11.6 Å². The maximum atomic E-state index is 12.2. The van der Waals surface area contributed by atoms with Crippen molar-refractivity contribution in [3.8, 4) is 11.8 Å². The highest BCUT2D eigenvalue weighted by atomic mass is 16.2. The van der Waals surface area contributed by atoms with Gasteiger partial charge in [-0.25, -0.2) is 0 Å². The van der Waals surface area contributed by atoms with Crippen LogP contribution >= 0.6 is 0 Å². The predicted octanol–water partition coefficient (Wildman–Crippen LogP) is 2.29. The van der Waals surface area contributed by atoms with E-state index in [0.29, 0.717) is 5.69 Å². The van der Waals surface area contributed by atoms with Gasteiger partial charge in [-0.15, -0.1) is 0 Å². The van der Waals surface area contributed by atoms with E-state index in [9.17, 15) is 4.79 Å². The summed E-state index contributed by atoms with van der Waals surface area (Å²) in [6, 6.07) is 9.11. The fourth-order valence-corrected chi connectivity index (χ4v) is 1.93. The molecule has 1 aromatic heterocycles. The number of nitrogens with one attached hydrogen (secondary N) is 1. The van der Waals surface area contributed by atoms with Crippen LogP contribution in [0.2, 0.25) is 0 Å². The predicted molar refractivity (Wildman–Crippen MR) is 82.1 cm³/mol. The van der Waals surface area contributed by atoms with Crippen LogP contribution in [0.4, 0.5) is 5.69 Å². The van der Waals surface area contributed by atoms with Crippen LogP contribution in [0, 0.1) is 25.7 Å². The molecule has 2 N–H and O–H groups in total. The number of rotatable bonds is 2. The molecule has 0 aliphatic rings. The first-order valence-corrected chi connectivity index (χ1v) is 6.55. The molecule has 4 heteroatoms. The van der Waals surface area contributed by atoms with Crippen molar-refractivity contribution in [2.45, 2.75) is 13.8 Å². The number of aryl methyl sites for hydroxylation is 2. The number of amides is 1. The molecule has 4 nitrogen and oxygen atoms in total. The Labute approximate surface area is 123 Å². The number of carbonyl (C=O) groups excluding carboxylic acids is 1. The van der Waals surface area contributed by atoms with Gasteiger partial charge in [0.15, 0.2) is 0 Å². The first kappa shape index (κ1) is 14.8. The van der Waals surface area contributed by atoms with Crippen molar-refractivity contribution in [1.29, 1.82) is 0 Å². The smallest absolute Gasteiger partial charge is 0.274 e. The molecule has 1 heterocycles. The molecular weight excluding hydrogens is 264 g/mol. The monoisotopic (exact) mass is 280 g/mol. The van der Waals surface area contributed by atoms with Gasteiger partial charge in [-0.05, 0) is 49.2 Å². The molecule has 0 atom stereocenters. The molecule has 1 amide bonds. The quantitative estimate of drug-likeness (QED) is 0.830. The number of aliphatic hydroxyl groups is 1. The van der Waals surface area contributed by atoms with E-state index >= 15 is 0 Å². The highest BCUT2D eigenvalue weighted by Gasteiger charge is 2.11. The molecule has 0 saturated heterocycles.